The maximum atomic E-state index is 11.6. The molecule has 156 valence electrons. The van der Waals surface area contributed by atoms with Crippen LogP contribution in [0.3, 0.4) is 0 Å². The lowest BCUT2D eigenvalue weighted by atomic mass is 10.0. The lowest BCUT2D eigenvalue weighted by molar-refractivity contribution is 0.0691. The van der Waals surface area contributed by atoms with Gasteiger partial charge < -0.3 is 10.4 Å². The molecule has 0 aliphatic carbocycles. The average molecular weight is 435 g/mol. The van der Waals surface area contributed by atoms with Gasteiger partial charge in [-0.25, -0.2) is 19.7 Å². The highest BCUT2D eigenvalue weighted by atomic mass is 35.5. The van der Waals surface area contributed by atoms with E-state index >= 15 is 0 Å². The summed E-state index contributed by atoms with van der Waals surface area (Å²) in [5.74, 6) is -0.381. The summed E-state index contributed by atoms with van der Waals surface area (Å²) in [7, 11) is 0. The second kappa shape index (κ2) is 7.85. The van der Waals surface area contributed by atoms with Crippen LogP contribution < -0.4 is 5.32 Å². The van der Waals surface area contributed by atoms with Crippen molar-refractivity contribution >= 4 is 39.8 Å². The molecule has 4 rings (SSSR count). The van der Waals surface area contributed by atoms with E-state index in [0.29, 0.717) is 23.4 Å². The first-order valence-corrected chi connectivity index (χ1v) is 10.1. The van der Waals surface area contributed by atoms with Crippen LogP contribution in [0, 0.1) is 18.3 Å². The summed E-state index contributed by atoms with van der Waals surface area (Å²) in [5.41, 5.74) is 3.87. The van der Waals surface area contributed by atoms with E-state index in [1.165, 1.54) is 0 Å². The predicted octanol–water partition coefficient (Wildman–Crippen LogP) is 4.54. The summed E-state index contributed by atoms with van der Waals surface area (Å²) >= 11 is 5.87. The molecule has 3 aromatic heterocycles. The molecule has 0 saturated carbocycles. The maximum absolute atomic E-state index is 11.6. The van der Waals surface area contributed by atoms with E-state index in [0.717, 1.165) is 27.9 Å². The lowest BCUT2D eigenvalue weighted by Gasteiger charge is -2.20. The minimum atomic E-state index is -1.17. The Hall–Kier alpha value is -3.70. The smallest absolute Gasteiger partial charge is 0.356 e. The van der Waals surface area contributed by atoms with Crippen molar-refractivity contribution in [3.8, 4) is 6.07 Å². The van der Waals surface area contributed by atoms with E-state index in [9.17, 15) is 15.2 Å². The first kappa shape index (κ1) is 20.6. The minimum absolute atomic E-state index is 0.112. The van der Waals surface area contributed by atoms with Crippen LogP contribution in [0.1, 0.15) is 53.0 Å². The second-order valence-electron chi connectivity index (χ2n) is 7.26. The molecule has 0 bridgehead atoms. The van der Waals surface area contributed by atoms with Gasteiger partial charge in [-0.3, -0.25) is 4.40 Å². The van der Waals surface area contributed by atoms with E-state index in [2.05, 4.69) is 21.4 Å². The summed E-state index contributed by atoms with van der Waals surface area (Å²) in [6.07, 6.45) is 2.36. The van der Waals surface area contributed by atoms with Crippen LogP contribution in [-0.2, 0) is 6.42 Å². The van der Waals surface area contributed by atoms with Gasteiger partial charge in [0, 0.05) is 23.6 Å². The van der Waals surface area contributed by atoms with Crippen molar-refractivity contribution in [2.24, 2.45) is 0 Å². The molecule has 3 heterocycles. The van der Waals surface area contributed by atoms with E-state index < -0.39 is 5.97 Å². The summed E-state index contributed by atoms with van der Waals surface area (Å²) < 4.78 is 1.86. The number of carboxylic acid groups (broad SMARTS) is 1. The van der Waals surface area contributed by atoms with Crippen LogP contribution in [0.5, 0.6) is 0 Å². The van der Waals surface area contributed by atoms with E-state index in [4.69, 9.17) is 16.6 Å². The highest BCUT2D eigenvalue weighted by Gasteiger charge is 2.20. The molecule has 0 radical (unpaired) electrons. The summed E-state index contributed by atoms with van der Waals surface area (Å²) in [4.78, 5) is 24.9. The number of benzene rings is 1. The SMILES string of the molecule is CCc1nc2c(C(C)Nc3ccc(Cl)nc3C(=O)O)cc(C)cc2c2nc(C#N)cn12. The number of anilines is 1. The molecular weight excluding hydrogens is 416 g/mol. The van der Waals surface area contributed by atoms with Crippen LogP contribution >= 0.6 is 11.6 Å². The molecule has 0 aliphatic rings. The molecule has 2 N–H and O–H groups in total. The van der Waals surface area contributed by atoms with Crippen LogP contribution in [0.2, 0.25) is 5.15 Å². The van der Waals surface area contributed by atoms with Crippen molar-refractivity contribution in [3.05, 3.63) is 64.0 Å². The Morgan fingerprint density at radius 2 is 2.10 bits per heavy atom. The number of aromatic nitrogens is 4. The highest BCUT2D eigenvalue weighted by Crippen LogP contribution is 2.31. The van der Waals surface area contributed by atoms with E-state index in [-0.39, 0.29) is 16.9 Å². The Kier molecular flexibility index (Phi) is 5.21. The predicted molar refractivity (Wildman–Crippen MR) is 118 cm³/mol. The van der Waals surface area contributed by atoms with Gasteiger partial charge in [0.25, 0.3) is 0 Å². The number of aromatic carboxylic acids is 1. The molecule has 1 unspecified atom stereocenters. The van der Waals surface area contributed by atoms with Gasteiger partial charge in [0.15, 0.2) is 11.4 Å². The van der Waals surface area contributed by atoms with Gasteiger partial charge in [-0.1, -0.05) is 24.6 Å². The maximum Gasteiger partial charge on any atom is 0.356 e. The molecular formula is C22H19ClN6O2. The van der Waals surface area contributed by atoms with Crippen LogP contribution in [-0.4, -0.2) is 30.4 Å². The molecule has 0 aliphatic heterocycles. The molecule has 0 saturated heterocycles. The Morgan fingerprint density at radius 1 is 1.32 bits per heavy atom. The number of carbonyl (C=O) groups is 1. The van der Waals surface area contributed by atoms with Crippen LogP contribution in [0.25, 0.3) is 16.6 Å². The number of nitrogens with zero attached hydrogens (tertiary/aromatic N) is 5. The number of fused-ring (bicyclic) bond motifs is 3. The topological polar surface area (TPSA) is 116 Å². The quantitative estimate of drug-likeness (QED) is 0.442. The monoisotopic (exact) mass is 434 g/mol. The number of hydrogen-bond acceptors (Lipinski definition) is 6. The highest BCUT2D eigenvalue weighted by molar-refractivity contribution is 6.29. The van der Waals surface area contributed by atoms with Gasteiger partial charge in [0.2, 0.25) is 0 Å². The van der Waals surface area contributed by atoms with Gasteiger partial charge in [-0.2, -0.15) is 5.26 Å². The number of nitriles is 1. The number of halogens is 1. The molecule has 0 amide bonds. The van der Waals surface area contributed by atoms with Crippen molar-refractivity contribution in [1.82, 2.24) is 19.4 Å². The van der Waals surface area contributed by atoms with Gasteiger partial charge in [0.1, 0.15) is 22.7 Å². The molecule has 0 fully saturated rings. The number of imidazole rings is 1. The first-order valence-electron chi connectivity index (χ1n) is 9.71. The van der Waals surface area contributed by atoms with Crippen LogP contribution in [0.15, 0.2) is 30.5 Å². The Morgan fingerprint density at radius 3 is 2.77 bits per heavy atom. The average Bonchev–Trinajstić information content (AvgIpc) is 3.18. The third-order valence-electron chi connectivity index (χ3n) is 5.08. The molecule has 0 spiro atoms. The largest absolute Gasteiger partial charge is 0.476 e. The number of aryl methyl sites for hydroxylation is 2. The molecule has 9 heteroatoms. The summed E-state index contributed by atoms with van der Waals surface area (Å²) in [6.45, 7) is 5.90. The molecule has 1 atom stereocenters. The molecule has 1 aromatic carbocycles. The standard InChI is InChI=1S/C22H19ClN6O2/c1-4-18-28-19-14(12(3)25-16-5-6-17(23)27-20(16)22(30)31)7-11(2)8-15(19)21-26-13(9-24)10-29(18)21/h5-8,10,12,25H,4H2,1-3H3,(H,30,31). The zero-order valence-corrected chi connectivity index (χ0v) is 17.9. The van der Waals surface area contributed by atoms with Crippen molar-refractivity contribution in [3.63, 3.8) is 0 Å². The zero-order valence-electron chi connectivity index (χ0n) is 17.1. The summed E-state index contributed by atoms with van der Waals surface area (Å²) in [5, 5.41) is 23.0. The van der Waals surface area contributed by atoms with Crippen molar-refractivity contribution in [1.29, 1.82) is 5.26 Å². The van der Waals surface area contributed by atoms with E-state index in [1.807, 2.05) is 37.3 Å². The number of pyridine rings is 1. The Balaban J connectivity index is 1.90. The van der Waals surface area contributed by atoms with Gasteiger partial charge in [-0.05, 0) is 37.6 Å². The van der Waals surface area contributed by atoms with E-state index in [1.54, 1.807) is 18.3 Å². The number of carboxylic acids is 1. The lowest BCUT2D eigenvalue weighted by Crippen LogP contribution is -2.13. The fourth-order valence-corrected chi connectivity index (χ4v) is 3.86. The van der Waals surface area contributed by atoms with Crippen molar-refractivity contribution in [2.45, 2.75) is 33.2 Å². The number of nitrogens with one attached hydrogen (secondary N) is 1. The fourth-order valence-electron chi connectivity index (χ4n) is 3.71. The van der Waals surface area contributed by atoms with Gasteiger partial charge in [0.05, 0.1) is 17.2 Å². The normalized spacial score (nSPS) is 12.1. The van der Waals surface area contributed by atoms with Crippen LogP contribution in [0.4, 0.5) is 5.69 Å². The Bertz CT molecular complexity index is 1390. The Labute approximate surface area is 183 Å². The second-order valence-corrected chi connectivity index (χ2v) is 7.65. The fraction of sp³-hybridized carbons (Fsp3) is 0.227. The molecule has 4 aromatic rings. The van der Waals surface area contributed by atoms with Crippen molar-refractivity contribution < 1.29 is 9.90 Å². The van der Waals surface area contributed by atoms with Crippen molar-refractivity contribution in [2.75, 3.05) is 5.32 Å². The molecule has 31 heavy (non-hydrogen) atoms. The number of rotatable bonds is 5. The molecule has 8 nitrogen and oxygen atoms in total. The van der Waals surface area contributed by atoms with Gasteiger partial charge >= 0.3 is 5.97 Å². The summed E-state index contributed by atoms with van der Waals surface area (Å²) in [6, 6.07) is 8.96. The van der Waals surface area contributed by atoms with Gasteiger partial charge in [-0.15, -0.1) is 0 Å². The number of hydrogen-bond donors (Lipinski definition) is 2. The third kappa shape index (κ3) is 3.64. The zero-order chi connectivity index (χ0) is 22.3. The first-order chi connectivity index (χ1) is 14.8. The third-order valence-corrected chi connectivity index (χ3v) is 5.29. The minimum Gasteiger partial charge on any atom is -0.476 e.